The van der Waals surface area contributed by atoms with Gasteiger partial charge in [-0.05, 0) is 50.4 Å². The molecular weight excluding hydrogens is 204 g/mol. The number of hydrogen-bond acceptors (Lipinski definition) is 3. The number of ether oxygens (including phenoxy) is 1. The lowest BCUT2D eigenvalue weighted by atomic mass is 9.53. The van der Waals surface area contributed by atoms with Crippen molar-refractivity contribution in [1.29, 1.82) is 0 Å². The highest BCUT2D eigenvalue weighted by Crippen LogP contribution is 2.63. The largest absolute Gasteiger partial charge is 0.396 e. The van der Waals surface area contributed by atoms with Gasteiger partial charge in [-0.15, -0.1) is 0 Å². The van der Waals surface area contributed by atoms with Gasteiger partial charge in [0.2, 0.25) is 0 Å². The van der Waals surface area contributed by atoms with Crippen molar-refractivity contribution >= 4 is 0 Å². The topological polar surface area (TPSA) is 49.7 Å². The van der Waals surface area contributed by atoms with Crippen LogP contribution in [-0.4, -0.2) is 35.6 Å². The summed E-state index contributed by atoms with van der Waals surface area (Å²) in [5.74, 6) is 1.14. The van der Waals surface area contributed by atoms with Crippen molar-refractivity contribution in [2.75, 3.05) is 13.7 Å². The van der Waals surface area contributed by atoms with Gasteiger partial charge in [-0.2, -0.15) is 0 Å². The normalized spacial score (nSPS) is 55.3. The second-order valence-electron chi connectivity index (χ2n) is 6.21. The van der Waals surface area contributed by atoms with Gasteiger partial charge in [0.1, 0.15) is 0 Å². The molecular formula is C13H22O3. The Bertz CT molecular complexity index is 285. The average molecular weight is 226 g/mol. The molecule has 92 valence electrons. The third-order valence-corrected chi connectivity index (χ3v) is 5.61. The molecule has 3 fully saturated rings. The molecule has 3 saturated carbocycles. The molecule has 3 heteroatoms. The SMILES string of the molecule is COC1CC(CO)(C2(O)CC3CCC2C3)C1. The molecule has 3 aliphatic rings. The Balaban J connectivity index is 1.81. The molecule has 3 aliphatic carbocycles. The molecule has 2 bridgehead atoms. The molecule has 0 amide bonds. The maximum atomic E-state index is 10.9. The lowest BCUT2D eigenvalue weighted by molar-refractivity contribution is -0.217. The number of methoxy groups -OCH3 is 1. The van der Waals surface area contributed by atoms with E-state index in [1.807, 2.05) is 0 Å². The quantitative estimate of drug-likeness (QED) is 0.763. The molecule has 3 atom stereocenters. The summed E-state index contributed by atoms with van der Waals surface area (Å²) >= 11 is 0. The minimum atomic E-state index is -0.598. The van der Waals surface area contributed by atoms with E-state index in [1.165, 1.54) is 12.8 Å². The monoisotopic (exact) mass is 226 g/mol. The van der Waals surface area contributed by atoms with Gasteiger partial charge in [-0.1, -0.05) is 0 Å². The van der Waals surface area contributed by atoms with Gasteiger partial charge in [0.05, 0.1) is 18.3 Å². The standard InChI is InChI=1S/C13H22O3/c1-16-11-6-12(7-11,8-14)13(15)5-9-2-3-10(13)4-9/h9-11,14-15H,2-8H2,1H3. The van der Waals surface area contributed by atoms with Crippen LogP contribution in [0.1, 0.15) is 38.5 Å². The predicted molar refractivity (Wildman–Crippen MR) is 59.9 cm³/mol. The summed E-state index contributed by atoms with van der Waals surface area (Å²) in [5.41, 5.74) is -0.854. The van der Waals surface area contributed by atoms with Gasteiger partial charge < -0.3 is 14.9 Å². The van der Waals surface area contributed by atoms with Crippen LogP contribution in [0.2, 0.25) is 0 Å². The number of fused-ring (bicyclic) bond motifs is 2. The molecule has 0 saturated heterocycles. The Labute approximate surface area is 96.8 Å². The zero-order chi connectivity index (χ0) is 11.4. The first kappa shape index (κ1) is 11.0. The second kappa shape index (κ2) is 3.44. The van der Waals surface area contributed by atoms with E-state index in [0.29, 0.717) is 11.8 Å². The van der Waals surface area contributed by atoms with E-state index in [9.17, 15) is 10.2 Å². The van der Waals surface area contributed by atoms with Crippen molar-refractivity contribution in [1.82, 2.24) is 0 Å². The van der Waals surface area contributed by atoms with Crippen LogP contribution < -0.4 is 0 Å². The second-order valence-corrected chi connectivity index (χ2v) is 6.21. The van der Waals surface area contributed by atoms with E-state index in [4.69, 9.17) is 4.74 Å². The van der Waals surface area contributed by atoms with Crippen LogP contribution in [0.4, 0.5) is 0 Å². The average Bonchev–Trinajstić information content (AvgIpc) is 2.77. The van der Waals surface area contributed by atoms with E-state index >= 15 is 0 Å². The minimum absolute atomic E-state index is 0.118. The fraction of sp³-hybridized carbons (Fsp3) is 1.00. The van der Waals surface area contributed by atoms with Crippen molar-refractivity contribution in [2.45, 2.75) is 50.2 Å². The maximum absolute atomic E-state index is 10.9. The van der Waals surface area contributed by atoms with Crippen LogP contribution in [0.3, 0.4) is 0 Å². The molecule has 0 aromatic heterocycles. The van der Waals surface area contributed by atoms with E-state index in [0.717, 1.165) is 25.7 Å². The highest BCUT2D eigenvalue weighted by molar-refractivity contribution is 5.15. The molecule has 16 heavy (non-hydrogen) atoms. The smallest absolute Gasteiger partial charge is 0.0758 e. The Hall–Kier alpha value is -0.120. The number of rotatable bonds is 3. The molecule has 0 aromatic carbocycles. The Morgan fingerprint density at radius 1 is 1.25 bits per heavy atom. The Kier molecular flexibility index (Phi) is 2.36. The molecule has 3 unspecified atom stereocenters. The van der Waals surface area contributed by atoms with Crippen LogP contribution >= 0.6 is 0 Å². The molecule has 0 aliphatic heterocycles. The Morgan fingerprint density at radius 2 is 2.00 bits per heavy atom. The van der Waals surface area contributed by atoms with E-state index < -0.39 is 5.60 Å². The van der Waals surface area contributed by atoms with Crippen LogP contribution in [-0.2, 0) is 4.74 Å². The molecule has 0 heterocycles. The van der Waals surface area contributed by atoms with E-state index in [2.05, 4.69) is 0 Å². The lowest BCUT2D eigenvalue weighted by Crippen LogP contribution is -2.62. The number of hydrogen-bond donors (Lipinski definition) is 2. The molecule has 3 rings (SSSR count). The van der Waals surface area contributed by atoms with Crippen LogP contribution in [0.5, 0.6) is 0 Å². The summed E-state index contributed by atoms with van der Waals surface area (Å²) in [6, 6.07) is 0. The van der Waals surface area contributed by atoms with Gasteiger partial charge in [0.15, 0.2) is 0 Å². The summed E-state index contributed by atoms with van der Waals surface area (Å²) in [6.45, 7) is 0.118. The summed E-state index contributed by atoms with van der Waals surface area (Å²) < 4.78 is 5.31. The van der Waals surface area contributed by atoms with E-state index in [-0.39, 0.29) is 18.1 Å². The van der Waals surface area contributed by atoms with Gasteiger partial charge in [0, 0.05) is 12.5 Å². The Morgan fingerprint density at radius 3 is 2.44 bits per heavy atom. The first-order chi connectivity index (χ1) is 7.63. The first-order valence-electron chi connectivity index (χ1n) is 6.49. The number of aliphatic hydroxyl groups is 2. The van der Waals surface area contributed by atoms with Crippen molar-refractivity contribution in [3.63, 3.8) is 0 Å². The fourth-order valence-electron chi connectivity index (χ4n) is 4.55. The zero-order valence-corrected chi connectivity index (χ0v) is 9.98. The number of aliphatic hydroxyl groups excluding tert-OH is 1. The van der Waals surface area contributed by atoms with Crippen molar-refractivity contribution in [2.24, 2.45) is 17.3 Å². The van der Waals surface area contributed by atoms with Crippen molar-refractivity contribution in [3.05, 3.63) is 0 Å². The summed E-state index contributed by atoms with van der Waals surface area (Å²) in [5, 5.41) is 20.6. The summed E-state index contributed by atoms with van der Waals surface area (Å²) in [6.07, 6.45) is 6.43. The van der Waals surface area contributed by atoms with E-state index in [1.54, 1.807) is 7.11 Å². The molecule has 0 aromatic rings. The molecule has 0 radical (unpaired) electrons. The lowest BCUT2D eigenvalue weighted by Gasteiger charge is -2.57. The maximum Gasteiger partial charge on any atom is 0.0758 e. The van der Waals surface area contributed by atoms with Crippen LogP contribution in [0.15, 0.2) is 0 Å². The van der Waals surface area contributed by atoms with Crippen LogP contribution in [0, 0.1) is 17.3 Å². The fourth-order valence-corrected chi connectivity index (χ4v) is 4.55. The van der Waals surface area contributed by atoms with Gasteiger partial charge in [0.25, 0.3) is 0 Å². The summed E-state index contributed by atoms with van der Waals surface area (Å²) in [4.78, 5) is 0. The van der Waals surface area contributed by atoms with Gasteiger partial charge in [-0.25, -0.2) is 0 Å². The summed E-state index contributed by atoms with van der Waals surface area (Å²) in [7, 11) is 1.72. The zero-order valence-electron chi connectivity index (χ0n) is 9.98. The van der Waals surface area contributed by atoms with Crippen molar-refractivity contribution in [3.8, 4) is 0 Å². The third kappa shape index (κ3) is 1.20. The molecule has 2 N–H and O–H groups in total. The third-order valence-electron chi connectivity index (χ3n) is 5.61. The molecule has 0 spiro atoms. The minimum Gasteiger partial charge on any atom is -0.396 e. The predicted octanol–water partition coefficient (Wildman–Crippen LogP) is 1.32. The van der Waals surface area contributed by atoms with Gasteiger partial charge >= 0.3 is 0 Å². The van der Waals surface area contributed by atoms with Crippen molar-refractivity contribution < 1.29 is 14.9 Å². The van der Waals surface area contributed by atoms with Gasteiger partial charge in [-0.3, -0.25) is 0 Å². The highest BCUT2D eigenvalue weighted by atomic mass is 16.5. The first-order valence-corrected chi connectivity index (χ1v) is 6.49. The molecule has 3 nitrogen and oxygen atoms in total. The van der Waals surface area contributed by atoms with Crippen LogP contribution in [0.25, 0.3) is 0 Å². The highest BCUT2D eigenvalue weighted by Gasteiger charge is 2.65.